The number of pyridine rings is 2. The quantitative estimate of drug-likeness (QED) is 0.832. The maximum absolute atomic E-state index is 11.8. The number of carboxylic acids is 1. The largest absolute Gasteiger partial charge is 0.477 e. The van der Waals surface area contributed by atoms with Crippen LogP contribution in [0, 0.1) is 0 Å². The highest BCUT2D eigenvalue weighted by molar-refractivity contribution is 9.10. The van der Waals surface area contributed by atoms with E-state index in [2.05, 4.69) is 31.2 Å². The lowest BCUT2D eigenvalue weighted by Gasteiger charge is -2.05. The lowest BCUT2D eigenvalue weighted by atomic mass is 10.2. The van der Waals surface area contributed by atoms with Crippen LogP contribution in [0.15, 0.2) is 41.3 Å². The van der Waals surface area contributed by atoms with Gasteiger partial charge in [-0.25, -0.2) is 14.8 Å². The lowest BCUT2D eigenvalue weighted by molar-refractivity contribution is 0.0690. The van der Waals surface area contributed by atoms with Crippen molar-refractivity contribution in [2.24, 2.45) is 0 Å². The first kappa shape index (κ1) is 14.1. The molecule has 0 fully saturated rings. The molecule has 7 heteroatoms. The number of hydrogen-bond donors (Lipinski definition) is 2. The molecule has 20 heavy (non-hydrogen) atoms. The topological polar surface area (TPSA) is 92.2 Å². The van der Waals surface area contributed by atoms with Gasteiger partial charge in [0.05, 0.1) is 5.56 Å². The zero-order chi connectivity index (χ0) is 14.5. The Morgan fingerprint density at radius 1 is 1.15 bits per heavy atom. The Morgan fingerprint density at radius 2 is 1.95 bits per heavy atom. The molecule has 0 aliphatic carbocycles. The molecule has 0 radical (unpaired) electrons. The smallest absolute Gasteiger partial charge is 0.354 e. The van der Waals surface area contributed by atoms with Gasteiger partial charge in [0.1, 0.15) is 10.3 Å². The van der Waals surface area contributed by atoms with Gasteiger partial charge in [0.2, 0.25) is 0 Å². The van der Waals surface area contributed by atoms with Crippen LogP contribution in [0.25, 0.3) is 0 Å². The molecular weight excluding hydrogens is 326 g/mol. The summed E-state index contributed by atoms with van der Waals surface area (Å²) >= 11 is 3.19. The Balaban J connectivity index is 1.96. The average molecular weight is 336 g/mol. The van der Waals surface area contributed by atoms with E-state index in [1.54, 1.807) is 18.2 Å². The number of nitrogens with zero attached hydrogens (tertiary/aromatic N) is 2. The number of amides is 1. The molecular formula is C13H10BrN3O3. The summed E-state index contributed by atoms with van der Waals surface area (Å²) in [5, 5.41) is 11.4. The van der Waals surface area contributed by atoms with Crippen molar-refractivity contribution < 1.29 is 14.7 Å². The molecule has 0 spiro atoms. The first-order chi connectivity index (χ1) is 9.56. The van der Waals surface area contributed by atoms with Crippen molar-refractivity contribution in [3.63, 3.8) is 0 Å². The van der Waals surface area contributed by atoms with Crippen LogP contribution in [0.3, 0.4) is 0 Å². The summed E-state index contributed by atoms with van der Waals surface area (Å²) in [6.45, 7) is 0.266. The second kappa shape index (κ2) is 6.25. The van der Waals surface area contributed by atoms with Crippen molar-refractivity contribution in [2.45, 2.75) is 6.54 Å². The molecule has 0 atom stereocenters. The molecule has 0 bridgehead atoms. The van der Waals surface area contributed by atoms with Gasteiger partial charge >= 0.3 is 5.97 Å². The van der Waals surface area contributed by atoms with Crippen molar-refractivity contribution >= 4 is 27.8 Å². The third-order valence-corrected chi connectivity index (χ3v) is 2.96. The minimum absolute atomic E-state index is 0.0304. The lowest BCUT2D eigenvalue weighted by Crippen LogP contribution is -2.23. The molecule has 0 aromatic carbocycles. The molecule has 2 rings (SSSR count). The van der Waals surface area contributed by atoms with E-state index >= 15 is 0 Å². The molecule has 0 unspecified atom stereocenters. The first-order valence-corrected chi connectivity index (χ1v) is 6.43. The van der Waals surface area contributed by atoms with Gasteiger partial charge in [-0.15, -0.1) is 0 Å². The van der Waals surface area contributed by atoms with Crippen LogP contribution in [-0.4, -0.2) is 27.0 Å². The van der Waals surface area contributed by atoms with Gasteiger partial charge in [-0.1, -0.05) is 6.07 Å². The molecule has 0 saturated carbocycles. The van der Waals surface area contributed by atoms with Crippen LogP contribution in [0.4, 0.5) is 0 Å². The monoisotopic (exact) mass is 335 g/mol. The highest BCUT2D eigenvalue weighted by Crippen LogP contribution is 2.06. The number of aromatic nitrogens is 2. The fourth-order valence-electron chi connectivity index (χ4n) is 1.45. The summed E-state index contributed by atoms with van der Waals surface area (Å²) in [5.74, 6) is -1.34. The van der Waals surface area contributed by atoms with E-state index in [1.165, 1.54) is 18.5 Å². The Labute approximate surface area is 123 Å². The second-order valence-corrected chi connectivity index (χ2v) is 4.72. The number of halogens is 1. The fourth-order valence-corrected chi connectivity index (χ4v) is 1.68. The van der Waals surface area contributed by atoms with Crippen molar-refractivity contribution in [1.82, 2.24) is 15.3 Å². The summed E-state index contributed by atoms with van der Waals surface area (Å²) in [7, 11) is 0. The maximum Gasteiger partial charge on any atom is 0.354 e. The Hall–Kier alpha value is -2.28. The third kappa shape index (κ3) is 3.61. The molecule has 1 amide bonds. The van der Waals surface area contributed by atoms with Gasteiger partial charge < -0.3 is 10.4 Å². The van der Waals surface area contributed by atoms with E-state index in [-0.39, 0.29) is 18.1 Å². The van der Waals surface area contributed by atoms with Crippen molar-refractivity contribution in [3.05, 3.63) is 58.1 Å². The van der Waals surface area contributed by atoms with Crippen LogP contribution in [0.2, 0.25) is 0 Å². The number of carboxylic acid groups (broad SMARTS) is 1. The van der Waals surface area contributed by atoms with Gasteiger partial charge in [0, 0.05) is 18.9 Å². The Bertz CT molecular complexity index is 626. The van der Waals surface area contributed by atoms with Gasteiger partial charge in [-0.2, -0.15) is 0 Å². The van der Waals surface area contributed by atoms with Gasteiger partial charge in [0.15, 0.2) is 0 Å². The van der Waals surface area contributed by atoms with Crippen molar-refractivity contribution in [2.75, 3.05) is 0 Å². The van der Waals surface area contributed by atoms with E-state index in [4.69, 9.17) is 5.11 Å². The standard InChI is InChI=1S/C13H10BrN3O3/c14-11-4-2-9(7-16-11)12(18)17-6-8-1-3-10(13(19)20)15-5-8/h1-5,7H,6H2,(H,17,18)(H,19,20). The van der Waals surface area contributed by atoms with Crippen LogP contribution in [0.1, 0.15) is 26.4 Å². The number of carbonyl (C=O) groups is 2. The predicted octanol–water partition coefficient (Wildman–Crippen LogP) is 1.87. The van der Waals surface area contributed by atoms with Gasteiger partial charge in [-0.05, 0) is 39.7 Å². The highest BCUT2D eigenvalue weighted by Gasteiger charge is 2.07. The summed E-state index contributed by atoms with van der Waals surface area (Å²) in [6.07, 6.45) is 2.88. The van der Waals surface area contributed by atoms with Crippen LogP contribution in [-0.2, 0) is 6.54 Å². The molecule has 2 N–H and O–H groups in total. The minimum atomic E-state index is -1.08. The van der Waals surface area contributed by atoms with E-state index in [1.807, 2.05) is 0 Å². The third-order valence-electron chi connectivity index (χ3n) is 2.49. The number of nitrogens with one attached hydrogen (secondary N) is 1. The molecule has 102 valence electrons. The van der Waals surface area contributed by atoms with E-state index < -0.39 is 5.97 Å². The second-order valence-electron chi connectivity index (χ2n) is 3.91. The minimum Gasteiger partial charge on any atom is -0.477 e. The SMILES string of the molecule is O=C(NCc1ccc(C(=O)O)nc1)c1ccc(Br)nc1. The number of carbonyl (C=O) groups excluding carboxylic acids is 1. The van der Waals surface area contributed by atoms with Crippen LogP contribution in [0.5, 0.6) is 0 Å². The van der Waals surface area contributed by atoms with E-state index in [0.29, 0.717) is 15.7 Å². The van der Waals surface area contributed by atoms with Crippen LogP contribution >= 0.6 is 15.9 Å². The number of hydrogen-bond acceptors (Lipinski definition) is 4. The zero-order valence-corrected chi connectivity index (χ0v) is 11.8. The number of rotatable bonds is 4. The zero-order valence-electron chi connectivity index (χ0n) is 10.2. The van der Waals surface area contributed by atoms with Crippen LogP contribution < -0.4 is 5.32 Å². The van der Waals surface area contributed by atoms with Gasteiger partial charge in [-0.3, -0.25) is 4.79 Å². The van der Waals surface area contributed by atoms with Gasteiger partial charge in [0.25, 0.3) is 5.91 Å². The maximum atomic E-state index is 11.8. The fraction of sp³-hybridized carbons (Fsp3) is 0.0769. The Kier molecular flexibility index (Phi) is 4.41. The van der Waals surface area contributed by atoms with E-state index in [0.717, 1.165) is 0 Å². The van der Waals surface area contributed by atoms with E-state index in [9.17, 15) is 9.59 Å². The summed E-state index contributed by atoms with van der Waals surface area (Å²) in [4.78, 5) is 30.2. The summed E-state index contributed by atoms with van der Waals surface area (Å²) in [6, 6.07) is 6.33. The molecule has 0 aliphatic heterocycles. The average Bonchev–Trinajstić information content (AvgIpc) is 2.46. The summed E-state index contributed by atoms with van der Waals surface area (Å²) < 4.78 is 0.655. The molecule has 0 aliphatic rings. The van der Waals surface area contributed by atoms with Crippen molar-refractivity contribution in [3.8, 4) is 0 Å². The molecule has 2 aromatic rings. The first-order valence-electron chi connectivity index (χ1n) is 5.64. The normalized spacial score (nSPS) is 10.1. The molecule has 2 heterocycles. The molecule has 0 saturated heterocycles. The van der Waals surface area contributed by atoms with Crippen molar-refractivity contribution in [1.29, 1.82) is 0 Å². The molecule has 6 nitrogen and oxygen atoms in total. The number of aromatic carboxylic acids is 1. The molecule has 2 aromatic heterocycles. The Morgan fingerprint density at radius 3 is 2.50 bits per heavy atom. The summed E-state index contributed by atoms with van der Waals surface area (Å²) in [5.41, 5.74) is 1.13. The highest BCUT2D eigenvalue weighted by atomic mass is 79.9. The predicted molar refractivity (Wildman–Crippen MR) is 74.3 cm³/mol.